The molecule has 0 aromatic heterocycles. The van der Waals surface area contributed by atoms with Gasteiger partial charge in [-0.3, -0.25) is 0 Å². The summed E-state index contributed by atoms with van der Waals surface area (Å²) in [7, 11) is 0. The van der Waals surface area contributed by atoms with Crippen LogP contribution in [0.25, 0.3) is 0 Å². The van der Waals surface area contributed by atoms with E-state index in [0.29, 0.717) is 5.57 Å². The summed E-state index contributed by atoms with van der Waals surface area (Å²) in [6, 6.07) is 0. The van der Waals surface area contributed by atoms with Crippen molar-refractivity contribution in [3.8, 4) is 0 Å². The fourth-order valence-electron chi connectivity index (χ4n) is 0.625. The topological polar surface area (TPSA) is 20.2 Å². The zero-order valence-corrected chi connectivity index (χ0v) is 5.56. The molecule has 1 atom stereocenters. The van der Waals surface area contributed by atoms with Gasteiger partial charge in [-0.25, -0.2) is 0 Å². The summed E-state index contributed by atoms with van der Waals surface area (Å²) in [5, 5.41) is 11.5. The molecule has 9 heavy (non-hydrogen) atoms. The first kappa shape index (κ1) is 6.43. The van der Waals surface area contributed by atoms with Crippen molar-refractivity contribution in [2.24, 2.45) is 0 Å². The summed E-state index contributed by atoms with van der Waals surface area (Å²) in [5.74, 6) is 0. The normalized spacial score (nSPS) is 24.1. The second kappa shape index (κ2) is 2.74. The number of thiocarbonyl (C=S) groups is 1. The van der Waals surface area contributed by atoms with Gasteiger partial charge in [0.15, 0.2) is 0 Å². The molecule has 0 bridgehead atoms. The van der Waals surface area contributed by atoms with Crippen LogP contribution in [0.15, 0.2) is 29.9 Å². The molecule has 46 valence electrons. The van der Waals surface area contributed by atoms with Crippen molar-refractivity contribution >= 4 is 17.2 Å². The first-order chi connectivity index (χ1) is 4.34. The van der Waals surface area contributed by atoms with E-state index in [2.05, 4.69) is 17.2 Å². The third-order valence-corrected chi connectivity index (χ3v) is 1.35. The van der Waals surface area contributed by atoms with Gasteiger partial charge in [0.1, 0.15) is 6.10 Å². The van der Waals surface area contributed by atoms with Gasteiger partial charge in [-0.1, -0.05) is 18.2 Å². The Balaban J connectivity index is 2.90. The van der Waals surface area contributed by atoms with Crippen molar-refractivity contribution < 1.29 is 5.11 Å². The molecular weight excluding hydrogens is 132 g/mol. The second-order valence-electron chi connectivity index (χ2n) is 1.75. The van der Waals surface area contributed by atoms with Crippen molar-refractivity contribution in [3.63, 3.8) is 0 Å². The van der Waals surface area contributed by atoms with Crippen LogP contribution >= 0.6 is 12.2 Å². The van der Waals surface area contributed by atoms with E-state index in [-0.39, 0.29) is 0 Å². The third-order valence-electron chi connectivity index (χ3n) is 1.12. The van der Waals surface area contributed by atoms with Crippen LogP contribution in [-0.2, 0) is 0 Å². The van der Waals surface area contributed by atoms with Gasteiger partial charge < -0.3 is 5.11 Å². The number of hydrogen-bond donors (Lipinski definition) is 1. The van der Waals surface area contributed by atoms with Crippen LogP contribution in [0.1, 0.15) is 0 Å². The zero-order valence-electron chi connectivity index (χ0n) is 4.74. The van der Waals surface area contributed by atoms with E-state index < -0.39 is 6.10 Å². The Kier molecular flexibility index (Phi) is 1.96. The summed E-state index contributed by atoms with van der Waals surface area (Å²) < 4.78 is 0. The Bertz CT molecular complexity index is 209. The molecular formula is C7H6OS. The van der Waals surface area contributed by atoms with Crippen LogP contribution in [0.3, 0.4) is 0 Å². The van der Waals surface area contributed by atoms with E-state index in [1.54, 1.807) is 18.2 Å². The highest BCUT2D eigenvalue weighted by molar-refractivity contribution is 7.78. The fraction of sp³-hybridized carbons (Fsp3) is 0.143. The molecule has 1 unspecified atom stereocenters. The zero-order chi connectivity index (χ0) is 6.69. The molecule has 1 aliphatic rings. The highest BCUT2D eigenvalue weighted by Gasteiger charge is 2.04. The predicted molar refractivity (Wildman–Crippen MR) is 40.4 cm³/mol. The Morgan fingerprint density at radius 1 is 1.56 bits per heavy atom. The van der Waals surface area contributed by atoms with Gasteiger partial charge in [-0.2, -0.15) is 0 Å². The molecule has 0 saturated carbocycles. The largest absolute Gasteiger partial charge is 0.384 e. The predicted octanol–water partition coefficient (Wildman–Crippen LogP) is 0.998. The van der Waals surface area contributed by atoms with Crippen LogP contribution in [0.4, 0.5) is 0 Å². The van der Waals surface area contributed by atoms with E-state index in [1.807, 2.05) is 6.08 Å². The molecule has 0 fully saturated rings. The van der Waals surface area contributed by atoms with Crippen molar-refractivity contribution in [2.45, 2.75) is 6.10 Å². The highest BCUT2D eigenvalue weighted by atomic mass is 32.1. The van der Waals surface area contributed by atoms with Gasteiger partial charge in [0.25, 0.3) is 0 Å². The Morgan fingerprint density at radius 2 is 2.33 bits per heavy atom. The van der Waals surface area contributed by atoms with E-state index in [4.69, 9.17) is 5.11 Å². The molecule has 1 rings (SSSR count). The lowest BCUT2D eigenvalue weighted by Gasteiger charge is -2.05. The molecule has 0 radical (unpaired) electrons. The maximum Gasteiger partial charge on any atom is 0.105 e. The van der Waals surface area contributed by atoms with Gasteiger partial charge in [0.2, 0.25) is 0 Å². The van der Waals surface area contributed by atoms with Crippen molar-refractivity contribution in [1.29, 1.82) is 0 Å². The number of rotatable bonds is 0. The lowest BCUT2D eigenvalue weighted by atomic mass is 10.1. The van der Waals surface area contributed by atoms with Crippen molar-refractivity contribution in [1.82, 2.24) is 0 Å². The summed E-state index contributed by atoms with van der Waals surface area (Å²) >= 11 is 4.52. The number of hydrogen-bond acceptors (Lipinski definition) is 2. The fourth-order valence-corrected chi connectivity index (χ4v) is 0.814. The van der Waals surface area contributed by atoms with Crippen LogP contribution < -0.4 is 0 Å². The Morgan fingerprint density at radius 3 is 2.78 bits per heavy atom. The first-order valence-electron chi connectivity index (χ1n) is 2.62. The van der Waals surface area contributed by atoms with E-state index in [9.17, 15) is 0 Å². The molecule has 1 nitrogen and oxygen atoms in total. The van der Waals surface area contributed by atoms with Gasteiger partial charge in [-0.15, -0.1) is 0 Å². The van der Waals surface area contributed by atoms with Crippen molar-refractivity contribution in [3.05, 3.63) is 29.9 Å². The highest BCUT2D eigenvalue weighted by Crippen LogP contribution is 2.06. The maximum atomic E-state index is 9.06. The summed E-state index contributed by atoms with van der Waals surface area (Å²) in [6.45, 7) is 0. The number of aliphatic hydroxyl groups excluding tert-OH is 1. The van der Waals surface area contributed by atoms with E-state index in [1.165, 1.54) is 0 Å². The van der Waals surface area contributed by atoms with Crippen LogP contribution in [0, 0.1) is 0 Å². The molecule has 0 saturated heterocycles. The minimum atomic E-state index is -0.549. The smallest absolute Gasteiger partial charge is 0.105 e. The Hall–Kier alpha value is -0.690. The number of allylic oxidation sites excluding steroid dienone is 2. The van der Waals surface area contributed by atoms with E-state index in [0.717, 1.165) is 0 Å². The molecule has 2 heteroatoms. The summed E-state index contributed by atoms with van der Waals surface area (Å²) in [4.78, 5) is 0. The number of aliphatic hydroxyl groups is 1. The van der Waals surface area contributed by atoms with Crippen LogP contribution in [0.5, 0.6) is 0 Å². The van der Waals surface area contributed by atoms with Gasteiger partial charge in [0, 0.05) is 5.57 Å². The average molecular weight is 138 g/mol. The first-order valence-corrected chi connectivity index (χ1v) is 3.03. The third kappa shape index (κ3) is 1.36. The molecule has 1 aliphatic carbocycles. The standard InChI is InChI=1S/C7H6OS/c8-7-4-2-1-3-6(7)5-9/h1-4,7-8H. The minimum Gasteiger partial charge on any atom is -0.384 e. The van der Waals surface area contributed by atoms with E-state index >= 15 is 0 Å². The van der Waals surface area contributed by atoms with Gasteiger partial charge >= 0.3 is 0 Å². The molecule has 0 spiro atoms. The summed E-state index contributed by atoms with van der Waals surface area (Å²) in [5.41, 5.74) is 0.660. The maximum absolute atomic E-state index is 9.06. The molecule has 0 aromatic carbocycles. The van der Waals surface area contributed by atoms with Gasteiger partial charge in [0.05, 0.1) is 0 Å². The molecule has 0 aliphatic heterocycles. The van der Waals surface area contributed by atoms with Crippen LogP contribution in [0.2, 0.25) is 0 Å². The minimum absolute atomic E-state index is 0.549. The quantitative estimate of drug-likeness (QED) is 0.504. The monoisotopic (exact) mass is 138 g/mol. The van der Waals surface area contributed by atoms with Gasteiger partial charge in [-0.05, 0) is 23.3 Å². The average Bonchev–Trinajstić information content (AvgIpc) is 1.89. The molecule has 1 N–H and O–H groups in total. The lowest BCUT2D eigenvalue weighted by molar-refractivity contribution is 0.264. The SMILES string of the molecule is OC1C=CC=CC1=C=S. The molecule has 0 amide bonds. The lowest BCUT2D eigenvalue weighted by Crippen LogP contribution is -2.06. The Labute approximate surface area is 59.0 Å². The summed E-state index contributed by atoms with van der Waals surface area (Å²) in [6.07, 6.45) is 6.46. The molecule has 0 aromatic rings. The second-order valence-corrected chi connectivity index (χ2v) is 1.95. The van der Waals surface area contributed by atoms with Crippen molar-refractivity contribution in [2.75, 3.05) is 0 Å². The molecule has 0 heterocycles. The van der Waals surface area contributed by atoms with Crippen LogP contribution in [-0.4, -0.2) is 16.2 Å².